The average molecular weight is 629 g/mol. The number of ether oxygens (including phenoxy) is 4. The minimum absolute atomic E-state index is 0.165. The number of aryl methyl sites for hydroxylation is 1. The normalized spacial score (nSPS) is 19.4. The molecule has 1 N–H and O–H groups in total. The van der Waals surface area contributed by atoms with E-state index in [1.54, 1.807) is 0 Å². The summed E-state index contributed by atoms with van der Waals surface area (Å²) in [7, 11) is 0. The minimum Gasteiger partial charge on any atom is -0.489 e. The van der Waals surface area contributed by atoms with Crippen molar-refractivity contribution in [2.45, 2.75) is 70.4 Å². The second-order valence-corrected chi connectivity index (χ2v) is 12.4. The van der Waals surface area contributed by atoms with E-state index in [2.05, 4.69) is 67.6 Å². The third-order valence-corrected chi connectivity index (χ3v) is 8.78. The molecule has 5 aromatic rings. The number of rotatable bonds is 14. The van der Waals surface area contributed by atoms with E-state index < -0.39 is 5.79 Å². The van der Waals surface area contributed by atoms with Gasteiger partial charge in [0.05, 0.1) is 25.4 Å². The van der Waals surface area contributed by atoms with Crippen molar-refractivity contribution in [3.63, 3.8) is 0 Å². The highest BCUT2D eigenvalue weighted by Gasteiger charge is 2.42. The number of hydrogen-bond donors (Lipinski definition) is 1. The van der Waals surface area contributed by atoms with Crippen molar-refractivity contribution in [2.24, 2.45) is 0 Å². The van der Waals surface area contributed by atoms with Crippen LogP contribution in [0, 0.1) is 6.92 Å². The lowest BCUT2D eigenvalue weighted by molar-refractivity contribution is -0.288. The monoisotopic (exact) mass is 628 g/mol. The molecule has 0 bridgehead atoms. The fourth-order valence-electron chi connectivity index (χ4n) is 6.08. The second-order valence-electron chi connectivity index (χ2n) is 12.4. The summed E-state index contributed by atoms with van der Waals surface area (Å²) in [6, 6.07) is 44.9. The van der Waals surface area contributed by atoms with Gasteiger partial charge in [0.15, 0.2) is 5.79 Å². The molecular weight excluding hydrogens is 584 g/mol. The molecule has 242 valence electrons. The Morgan fingerprint density at radius 3 is 1.98 bits per heavy atom. The Kier molecular flexibility index (Phi) is 11.1. The molecule has 3 atom stereocenters. The van der Waals surface area contributed by atoms with E-state index in [0.717, 1.165) is 40.0 Å². The molecule has 5 heteroatoms. The van der Waals surface area contributed by atoms with Gasteiger partial charge in [0.2, 0.25) is 0 Å². The maximum absolute atomic E-state index is 12.1. The second kappa shape index (κ2) is 16.0. The van der Waals surface area contributed by atoms with Crippen LogP contribution < -0.4 is 4.74 Å². The number of hydrogen-bond acceptors (Lipinski definition) is 5. The van der Waals surface area contributed by atoms with Crippen LogP contribution in [0.2, 0.25) is 0 Å². The average Bonchev–Trinajstić information content (AvgIpc) is 3.11. The summed E-state index contributed by atoms with van der Waals surface area (Å²) in [4.78, 5) is 0. The van der Waals surface area contributed by atoms with Crippen molar-refractivity contribution in [2.75, 3.05) is 6.61 Å². The van der Waals surface area contributed by atoms with Crippen LogP contribution in [0.4, 0.5) is 0 Å². The van der Waals surface area contributed by atoms with E-state index in [4.69, 9.17) is 18.9 Å². The van der Waals surface area contributed by atoms with Crippen molar-refractivity contribution in [3.05, 3.63) is 172 Å². The molecule has 6 rings (SSSR count). The highest BCUT2D eigenvalue weighted by atomic mass is 16.6. The molecular formula is C42H44O5. The van der Waals surface area contributed by atoms with Crippen LogP contribution in [0.5, 0.6) is 5.75 Å². The summed E-state index contributed by atoms with van der Waals surface area (Å²) in [6.07, 6.45) is 2.08. The van der Waals surface area contributed by atoms with E-state index in [1.165, 1.54) is 11.1 Å². The zero-order valence-corrected chi connectivity index (χ0v) is 27.1. The smallest absolute Gasteiger partial charge is 0.195 e. The fraction of sp³-hybridized carbons (Fsp3) is 0.286. The van der Waals surface area contributed by atoms with Crippen LogP contribution in [-0.4, -0.2) is 23.9 Å². The van der Waals surface area contributed by atoms with Gasteiger partial charge in [0.25, 0.3) is 0 Å². The van der Waals surface area contributed by atoms with Crippen molar-refractivity contribution < 1.29 is 24.1 Å². The molecule has 0 radical (unpaired) electrons. The fourth-order valence-corrected chi connectivity index (χ4v) is 6.08. The van der Waals surface area contributed by atoms with Gasteiger partial charge in [0.1, 0.15) is 12.4 Å². The van der Waals surface area contributed by atoms with E-state index in [-0.39, 0.29) is 12.2 Å². The first-order chi connectivity index (χ1) is 23.0. The van der Waals surface area contributed by atoms with Gasteiger partial charge in [-0.05, 0) is 71.3 Å². The van der Waals surface area contributed by atoms with Crippen LogP contribution in [0.15, 0.2) is 133 Å². The summed E-state index contributed by atoms with van der Waals surface area (Å²) < 4.78 is 24.9. The predicted octanol–water partition coefficient (Wildman–Crippen LogP) is 8.68. The molecule has 1 fully saturated rings. The summed E-state index contributed by atoms with van der Waals surface area (Å²) >= 11 is 0. The maximum Gasteiger partial charge on any atom is 0.195 e. The molecule has 1 saturated heterocycles. The first-order valence-corrected chi connectivity index (χ1v) is 16.6. The molecule has 47 heavy (non-hydrogen) atoms. The summed E-state index contributed by atoms with van der Waals surface area (Å²) in [5.41, 5.74) is 7.63. The van der Waals surface area contributed by atoms with Crippen LogP contribution in [0.25, 0.3) is 0 Å². The van der Waals surface area contributed by atoms with Gasteiger partial charge in [0, 0.05) is 25.0 Å². The minimum atomic E-state index is -1.47. The Labute approximate surface area is 278 Å². The SMILES string of the molecule is Cc1ccc(C2(O)C[C@@H](OCc3ccccc3)C[C@@H](CCOCc3ccccc3)O2)cc1Cc1ccc(OCc2ccccc2)cc1. The largest absolute Gasteiger partial charge is 0.489 e. The van der Waals surface area contributed by atoms with Crippen LogP contribution in [0.1, 0.15) is 58.2 Å². The van der Waals surface area contributed by atoms with Gasteiger partial charge >= 0.3 is 0 Å². The first kappa shape index (κ1) is 32.7. The van der Waals surface area contributed by atoms with Crippen molar-refractivity contribution in [3.8, 4) is 5.75 Å². The first-order valence-electron chi connectivity index (χ1n) is 16.6. The van der Waals surface area contributed by atoms with Gasteiger partial charge in [-0.15, -0.1) is 0 Å². The lowest BCUT2D eigenvalue weighted by Gasteiger charge is -2.41. The van der Waals surface area contributed by atoms with Gasteiger partial charge in [-0.1, -0.05) is 115 Å². The van der Waals surface area contributed by atoms with Crippen molar-refractivity contribution in [1.82, 2.24) is 0 Å². The van der Waals surface area contributed by atoms with Gasteiger partial charge in [-0.3, -0.25) is 0 Å². The van der Waals surface area contributed by atoms with E-state index >= 15 is 0 Å². The molecule has 5 nitrogen and oxygen atoms in total. The summed E-state index contributed by atoms with van der Waals surface area (Å²) in [6.45, 7) is 4.22. The van der Waals surface area contributed by atoms with Crippen molar-refractivity contribution in [1.29, 1.82) is 0 Å². The Balaban J connectivity index is 1.13. The van der Waals surface area contributed by atoms with E-state index in [1.807, 2.05) is 72.8 Å². The lowest BCUT2D eigenvalue weighted by Crippen LogP contribution is -2.45. The predicted molar refractivity (Wildman–Crippen MR) is 185 cm³/mol. The topological polar surface area (TPSA) is 57.2 Å². The Morgan fingerprint density at radius 1 is 0.702 bits per heavy atom. The standard InChI is InChI=1S/C42H44O5/c1-32-17-20-38(26-37(32)25-33-18-21-39(22-19-33)45-30-35-13-7-3-8-14-35)42(43)28-41(46-31-36-15-9-4-10-16-36)27-40(47-42)23-24-44-29-34-11-5-2-6-12-34/h2-22,26,40-41,43H,23-25,27-31H2,1H3/t40-,41+,42?/m1/s1. The number of aliphatic hydroxyl groups is 1. The molecule has 0 aliphatic carbocycles. The quantitative estimate of drug-likeness (QED) is 0.125. The lowest BCUT2D eigenvalue weighted by atomic mass is 9.89. The zero-order chi connectivity index (χ0) is 32.3. The third-order valence-electron chi connectivity index (χ3n) is 8.78. The van der Waals surface area contributed by atoms with E-state index in [9.17, 15) is 5.11 Å². The van der Waals surface area contributed by atoms with E-state index in [0.29, 0.717) is 45.7 Å². The highest BCUT2D eigenvalue weighted by Crippen LogP contribution is 2.39. The van der Waals surface area contributed by atoms with Gasteiger partial charge in [-0.25, -0.2) is 0 Å². The highest BCUT2D eigenvalue weighted by molar-refractivity contribution is 5.38. The molecule has 1 aliphatic heterocycles. The molecule has 1 unspecified atom stereocenters. The number of benzene rings is 5. The zero-order valence-electron chi connectivity index (χ0n) is 27.1. The molecule has 0 aromatic heterocycles. The van der Waals surface area contributed by atoms with Crippen LogP contribution >= 0.6 is 0 Å². The van der Waals surface area contributed by atoms with Crippen LogP contribution in [-0.2, 0) is 46.2 Å². The van der Waals surface area contributed by atoms with Gasteiger partial charge in [-0.2, -0.15) is 0 Å². The molecule has 0 saturated carbocycles. The Hall–Kier alpha value is -4.26. The maximum atomic E-state index is 12.1. The molecule has 1 heterocycles. The Morgan fingerprint density at radius 2 is 1.32 bits per heavy atom. The molecule has 0 amide bonds. The van der Waals surface area contributed by atoms with Crippen molar-refractivity contribution >= 4 is 0 Å². The Bertz CT molecular complexity index is 1660. The third kappa shape index (κ3) is 9.40. The van der Waals surface area contributed by atoms with Gasteiger partial charge < -0.3 is 24.1 Å². The molecule has 0 spiro atoms. The van der Waals surface area contributed by atoms with Crippen LogP contribution in [0.3, 0.4) is 0 Å². The molecule has 1 aliphatic rings. The summed E-state index contributed by atoms with van der Waals surface area (Å²) in [5.74, 6) is -0.630. The summed E-state index contributed by atoms with van der Waals surface area (Å²) in [5, 5.41) is 12.1. The molecule has 5 aromatic carbocycles.